The zero-order valence-electron chi connectivity index (χ0n) is 18.6. The van der Waals surface area contributed by atoms with Gasteiger partial charge in [-0.25, -0.2) is 0 Å². The van der Waals surface area contributed by atoms with Crippen molar-refractivity contribution in [1.82, 2.24) is 20.9 Å². The van der Waals surface area contributed by atoms with Crippen molar-refractivity contribution in [3.8, 4) is 0 Å². The molecule has 0 aromatic heterocycles. The van der Waals surface area contributed by atoms with Crippen LogP contribution in [0.5, 0.6) is 0 Å². The SMILES string of the molecule is CN=C(NCc1cccc(C(=O)NCCN(C)C)c1)NCc1ccc(C)cc1C.I. The van der Waals surface area contributed by atoms with Crippen LogP contribution in [-0.4, -0.2) is 51.0 Å². The van der Waals surface area contributed by atoms with Gasteiger partial charge in [-0.05, 0) is 56.8 Å². The molecule has 0 bridgehead atoms. The maximum atomic E-state index is 12.3. The third kappa shape index (κ3) is 8.71. The molecule has 0 saturated heterocycles. The van der Waals surface area contributed by atoms with Crippen molar-refractivity contribution in [3.63, 3.8) is 0 Å². The molecule has 2 aromatic carbocycles. The van der Waals surface area contributed by atoms with Crippen LogP contribution in [0.4, 0.5) is 0 Å². The maximum Gasteiger partial charge on any atom is 0.251 e. The predicted octanol–water partition coefficient (Wildman–Crippen LogP) is 3.08. The number of carbonyl (C=O) groups is 1. The standard InChI is InChI=1S/C23H33N5O.HI/c1-17-9-10-21(18(2)13-17)16-27-23(24-3)26-15-19-7-6-8-20(14-19)22(29)25-11-12-28(4)5;/h6-10,13-14H,11-12,15-16H2,1-5H3,(H,25,29)(H2,24,26,27);1H. The summed E-state index contributed by atoms with van der Waals surface area (Å²) in [6, 6.07) is 14.1. The number of amides is 1. The highest BCUT2D eigenvalue weighted by Gasteiger charge is 2.07. The number of nitrogens with zero attached hydrogens (tertiary/aromatic N) is 2. The number of aliphatic imine (C=N–C) groups is 1. The molecule has 0 atom stereocenters. The van der Waals surface area contributed by atoms with E-state index < -0.39 is 0 Å². The maximum absolute atomic E-state index is 12.3. The van der Waals surface area contributed by atoms with Crippen LogP contribution in [0.15, 0.2) is 47.5 Å². The Balaban J connectivity index is 0.00000450. The third-order valence-electron chi connectivity index (χ3n) is 4.66. The largest absolute Gasteiger partial charge is 0.352 e. The summed E-state index contributed by atoms with van der Waals surface area (Å²) in [7, 11) is 5.73. The lowest BCUT2D eigenvalue weighted by Gasteiger charge is -2.14. The summed E-state index contributed by atoms with van der Waals surface area (Å²) in [5.41, 5.74) is 5.47. The molecule has 0 aliphatic heterocycles. The van der Waals surface area contributed by atoms with Crippen molar-refractivity contribution in [2.45, 2.75) is 26.9 Å². The lowest BCUT2D eigenvalue weighted by molar-refractivity contribution is 0.0951. The van der Waals surface area contributed by atoms with E-state index in [0.717, 1.165) is 18.1 Å². The van der Waals surface area contributed by atoms with Crippen LogP contribution < -0.4 is 16.0 Å². The molecular weight excluding hydrogens is 489 g/mol. The molecular formula is C23H34IN5O. The molecule has 7 heteroatoms. The second-order valence-corrected chi connectivity index (χ2v) is 7.47. The van der Waals surface area contributed by atoms with E-state index in [4.69, 9.17) is 0 Å². The van der Waals surface area contributed by atoms with Gasteiger partial charge in [0.2, 0.25) is 0 Å². The van der Waals surface area contributed by atoms with E-state index in [-0.39, 0.29) is 29.9 Å². The van der Waals surface area contributed by atoms with Crippen LogP contribution in [0, 0.1) is 13.8 Å². The van der Waals surface area contributed by atoms with Gasteiger partial charge in [-0.3, -0.25) is 9.79 Å². The monoisotopic (exact) mass is 523 g/mol. The number of rotatable bonds is 8. The summed E-state index contributed by atoms with van der Waals surface area (Å²) in [5, 5.41) is 9.60. The van der Waals surface area contributed by atoms with Gasteiger partial charge in [0.25, 0.3) is 5.91 Å². The van der Waals surface area contributed by atoms with E-state index in [1.54, 1.807) is 7.05 Å². The van der Waals surface area contributed by atoms with Gasteiger partial charge in [0.05, 0.1) is 0 Å². The van der Waals surface area contributed by atoms with Gasteiger partial charge >= 0.3 is 0 Å². The Morgan fingerprint density at radius 1 is 1.00 bits per heavy atom. The Hall–Kier alpha value is -2.13. The van der Waals surface area contributed by atoms with Gasteiger partial charge in [0, 0.05) is 38.8 Å². The Morgan fingerprint density at radius 2 is 1.73 bits per heavy atom. The van der Waals surface area contributed by atoms with E-state index in [0.29, 0.717) is 25.2 Å². The summed E-state index contributed by atoms with van der Waals surface area (Å²) < 4.78 is 0. The van der Waals surface area contributed by atoms with Crippen molar-refractivity contribution in [2.75, 3.05) is 34.2 Å². The van der Waals surface area contributed by atoms with Crippen molar-refractivity contribution in [2.24, 2.45) is 4.99 Å². The van der Waals surface area contributed by atoms with Gasteiger partial charge in [-0.2, -0.15) is 0 Å². The van der Waals surface area contributed by atoms with Crippen LogP contribution in [0.25, 0.3) is 0 Å². The minimum Gasteiger partial charge on any atom is -0.352 e. The molecule has 3 N–H and O–H groups in total. The molecule has 1 amide bonds. The molecule has 2 rings (SSSR count). The zero-order chi connectivity index (χ0) is 21.2. The number of halogens is 1. The number of hydrogen-bond acceptors (Lipinski definition) is 3. The number of likely N-dealkylation sites (N-methyl/N-ethyl adjacent to an activating group) is 1. The van der Waals surface area contributed by atoms with Crippen molar-refractivity contribution >= 4 is 35.8 Å². The normalized spacial score (nSPS) is 11.1. The van der Waals surface area contributed by atoms with E-state index >= 15 is 0 Å². The Bertz CT molecular complexity index is 851. The van der Waals surface area contributed by atoms with Crippen LogP contribution in [0.2, 0.25) is 0 Å². The molecule has 0 aliphatic rings. The molecule has 0 heterocycles. The topological polar surface area (TPSA) is 68.8 Å². The first-order chi connectivity index (χ1) is 13.9. The van der Waals surface area contributed by atoms with Crippen LogP contribution in [0.3, 0.4) is 0 Å². The summed E-state index contributed by atoms with van der Waals surface area (Å²) in [6.45, 7) is 6.96. The first-order valence-electron chi connectivity index (χ1n) is 9.91. The molecule has 2 aromatic rings. The Labute approximate surface area is 197 Å². The molecule has 0 spiro atoms. The smallest absolute Gasteiger partial charge is 0.251 e. The van der Waals surface area contributed by atoms with Crippen molar-refractivity contribution in [3.05, 3.63) is 70.3 Å². The lowest BCUT2D eigenvalue weighted by Crippen LogP contribution is -2.36. The van der Waals surface area contributed by atoms with Gasteiger partial charge < -0.3 is 20.9 Å². The minimum absolute atomic E-state index is 0. The number of guanidine groups is 1. The molecule has 0 radical (unpaired) electrons. The second kappa shape index (κ2) is 13.2. The minimum atomic E-state index is -0.0500. The lowest BCUT2D eigenvalue weighted by atomic mass is 10.1. The molecule has 0 saturated carbocycles. The Morgan fingerprint density at radius 3 is 2.40 bits per heavy atom. The number of hydrogen-bond donors (Lipinski definition) is 3. The highest BCUT2D eigenvalue weighted by Crippen LogP contribution is 2.10. The van der Waals surface area contributed by atoms with Crippen molar-refractivity contribution in [1.29, 1.82) is 0 Å². The molecule has 164 valence electrons. The van der Waals surface area contributed by atoms with Crippen LogP contribution in [0.1, 0.15) is 32.6 Å². The van der Waals surface area contributed by atoms with Gasteiger partial charge in [-0.1, -0.05) is 35.9 Å². The zero-order valence-corrected chi connectivity index (χ0v) is 20.9. The van der Waals surface area contributed by atoms with E-state index in [1.807, 2.05) is 43.3 Å². The first kappa shape index (κ1) is 25.9. The summed E-state index contributed by atoms with van der Waals surface area (Å²) >= 11 is 0. The molecule has 6 nitrogen and oxygen atoms in total. The fraction of sp³-hybridized carbons (Fsp3) is 0.391. The summed E-state index contributed by atoms with van der Waals surface area (Å²) in [6.07, 6.45) is 0. The van der Waals surface area contributed by atoms with Crippen molar-refractivity contribution < 1.29 is 4.79 Å². The molecule has 0 unspecified atom stereocenters. The molecule has 30 heavy (non-hydrogen) atoms. The summed E-state index contributed by atoms with van der Waals surface area (Å²) in [5.74, 6) is 0.678. The second-order valence-electron chi connectivity index (χ2n) is 7.47. The van der Waals surface area contributed by atoms with Gasteiger partial charge in [0.15, 0.2) is 5.96 Å². The quantitative estimate of drug-likeness (QED) is 0.283. The number of nitrogens with one attached hydrogen (secondary N) is 3. The van der Waals surface area contributed by atoms with E-state index in [2.05, 4.69) is 53.0 Å². The number of benzene rings is 2. The molecule has 0 aliphatic carbocycles. The highest BCUT2D eigenvalue weighted by atomic mass is 127. The highest BCUT2D eigenvalue weighted by molar-refractivity contribution is 14.0. The van der Waals surface area contributed by atoms with E-state index in [9.17, 15) is 4.79 Å². The number of aryl methyl sites for hydroxylation is 2. The predicted molar refractivity (Wildman–Crippen MR) is 136 cm³/mol. The summed E-state index contributed by atoms with van der Waals surface area (Å²) in [4.78, 5) is 18.6. The first-order valence-corrected chi connectivity index (χ1v) is 9.91. The van der Waals surface area contributed by atoms with Gasteiger partial charge in [0.1, 0.15) is 0 Å². The van der Waals surface area contributed by atoms with Crippen LogP contribution >= 0.6 is 24.0 Å². The average Bonchev–Trinajstić information content (AvgIpc) is 2.69. The molecule has 0 fully saturated rings. The average molecular weight is 523 g/mol. The van der Waals surface area contributed by atoms with Gasteiger partial charge in [-0.15, -0.1) is 24.0 Å². The van der Waals surface area contributed by atoms with Crippen LogP contribution in [-0.2, 0) is 13.1 Å². The fourth-order valence-electron chi connectivity index (χ4n) is 2.95. The third-order valence-corrected chi connectivity index (χ3v) is 4.66. The van der Waals surface area contributed by atoms with E-state index in [1.165, 1.54) is 16.7 Å². The number of carbonyl (C=O) groups excluding carboxylic acids is 1. The Kier molecular flexibility index (Phi) is 11.4. The fourth-order valence-corrected chi connectivity index (χ4v) is 2.95.